The predicted molar refractivity (Wildman–Crippen MR) is 109 cm³/mol. The lowest BCUT2D eigenvalue weighted by atomic mass is 9.95. The van der Waals surface area contributed by atoms with Gasteiger partial charge in [0.1, 0.15) is 5.75 Å². The van der Waals surface area contributed by atoms with Crippen molar-refractivity contribution in [2.75, 3.05) is 18.4 Å². The molecule has 0 aromatic heterocycles. The molecule has 1 aliphatic carbocycles. The van der Waals surface area contributed by atoms with Gasteiger partial charge in [0.15, 0.2) is 5.60 Å². The SMILES string of the molecule is CC(C)N(C(=O)c1cc2c(cc1C(F)(F)F)OC1(CCCC1)C(=O)N2)[C@@H]1CCCNC1. The number of benzene rings is 1. The molecule has 3 aliphatic rings. The van der Waals surface area contributed by atoms with E-state index in [1.54, 1.807) is 13.8 Å². The fraction of sp³-hybridized carbons (Fsp3) is 0.636. The van der Waals surface area contributed by atoms with E-state index in [1.165, 1.54) is 4.90 Å². The number of carbonyl (C=O) groups is 2. The summed E-state index contributed by atoms with van der Waals surface area (Å²) < 4.78 is 47.9. The number of fused-ring (bicyclic) bond motifs is 1. The van der Waals surface area contributed by atoms with E-state index in [2.05, 4.69) is 10.6 Å². The summed E-state index contributed by atoms with van der Waals surface area (Å²) in [5.41, 5.74) is -2.49. The maximum atomic E-state index is 14.0. The van der Waals surface area contributed by atoms with Gasteiger partial charge in [0.2, 0.25) is 0 Å². The largest absolute Gasteiger partial charge is 0.475 e. The molecule has 1 aromatic carbocycles. The van der Waals surface area contributed by atoms with Crippen LogP contribution < -0.4 is 15.4 Å². The summed E-state index contributed by atoms with van der Waals surface area (Å²) in [6, 6.07) is 1.54. The Kier molecular flexibility index (Phi) is 5.66. The van der Waals surface area contributed by atoms with Crippen molar-refractivity contribution in [2.24, 2.45) is 0 Å². The lowest BCUT2D eigenvalue weighted by Gasteiger charge is -2.39. The highest BCUT2D eigenvalue weighted by molar-refractivity contribution is 6.04. The summed E-state index contributed by atoms with van der Waals surface area (Å²) in [5.74, 6) is -1.07. The Hall–Kier alpha value is -2.29. The van der Waals surface area contributed by atoms with Crippen LogP contribution in [-0.4, -0.2) is 47.5 Å². The summed E-state index contributed by atoms with van der Waals surface area (Å²) in [6.45, 7) is 4.97. The summed E-state index contributed by atoms with van der Waals surface area (Å²) >= 11 is 0. The summed E-state index contributed by atoms with van der Waals surface area (Å²) in [4.78, 5) is 27.6. The lowest BCUT2D eigenvalue weighted by Crippen LogP contribution is -2.52. The fourth-order valence-electron chi connectivity index (χ4n) is 4.97. The molecule has 0 bridgehead atoms. The van der Waals surface area contributed by atoms with E-state index in [0.717, 1.165) is 44.4 Å². The summed E-state index contributed by atoms with van der Waals surface area (Å²) in [6.07, 6.45) is -0.656. The van der Waals surface area contributed by atoms with Gasteiger partial charge in [0.05, 0.1) is 16.8 Å². The molecule has 1 aromatic rings. The van der Waals surface area contributed by atoms with Crippen molar-refractivity contribution >= 4 is 17.5 Å². The molecule has 2 N–H and O–H groups in total. The van der Waals surface area contributed by atoms with Crippen molar-refractivity contribution < 1.29 is 27.5 Å². The van der Waals surface area contributed by atoms with E-state index in [-0.39, 0.29) is 29.4 Å². The van der Waals surface area contributed by atoms with E-state index in [1.807, 2.05) is 0 Å². The molecule has 6 nitrogen and oxygen atoms in total. The summed E-state index contributed by atoms with van der Waals surface area (Å²) in [5, 5.41) is 5.91. The third-order valence-electron chi connectivity index (χ3n) is 6.49. The van der Waals surface area contributed by atoms with Crippen molar-refractivity contribution in [1.82, 2.24) is 10.2 Å². The van der Waals surface area contributed by atoms with Crippen molar-refractivity contribution in [3.8, 4) is 5.75 Å². The maximum Gasteiger partial charge on any atom is 0.417 e. The molecule has 0 radical (unpaired) electrons. The van der Waals surface area contributed by atoms with Crippen LogP contribution in [0.4, 0.5) is 18.9 Å². The molecule has 0 unspecified atom stereocenters. The number of hydrogen-bond donors (Lipinski definition) is 2. The molecule has 2 fully saturated rings. The zero-order chi connectivity index (χ0) is 22.4. The molecule has 4 rings (SSSR count). The van der Waals surface area contributed by atoms with Crippen molar-refractivity contribution in [3.05, 3.63) is 23.3 Å². The number of carbonyl (C=O) groups excluding carboxylic acids is 2. The number of rotatable bonds is 3. The van der Waals surface area contributed by atoms with Gasteiger partial charge in [-0.15, -0.1) is 0 Å². The Morgan fingerprint density at radius 2 is 1.94 bits per heavy atom. The quantitative estimate of drug-likeness (QED) is 0.748. The molecule has 2 amide bonds. The molecule has 31 heavy (non-hydrogen) atoms. The Morgan fingerprint density at radius 3 is 2.52 bits per heavy atom. The van der Waals surface area contributed by atoms with Crippen LogP contribution in [0.1, 0.15) is 68.3 Å². The van der Waals surface area contributed by atoms with Gasteiger partial charge in [-0.25, -0.2) is 0 Å². The molecule has 9 heteroatoms. The van der Waals surface area contributed by atoms with Gasteiger partial charge < -0.3 is 20.3 Å². The molecule has 2 aliphatic heterocycles. The average molecular weight is 439 g/mol. The van der Waals surface area contributed by atoms with Crippen LogP contribution in [0.15, 0.2) is 12.1 Å². The number of piperidine rings is 1. The number of nitrogens with one attached hydrogen (secondary N) is 2. The normalized spacial score (nSPS) is 22.8. The Bertz CT molecular complexity index is 873. The molecular formula is C22H28F3N3O3. The van der Waals surface area contributed by atoms with Crippen molar-refractivity contribution in [2.45, 2.75) is 76.2 Å². The van der Waals surface area contributed by atoms with Gasteiger partial charge in [-0.2, -0.15) is 13.2 Å². The van der Waals surface area contributed by atoms with E-state index in [4.69, 9.17) is 4.74 Å². The highest BCUT2D eigenvalue weighted by Gasteiger charge is 2.48. The van der Waals surface area contributed by atoms with Crippen LogP contribution >= 0.6 is 0 Å². The zero-order valence-corrected chi connectivity index (χ0v) is 17.8. The van der Waals surface area contributed by atoms with Crippen LogP contribution in [-0.2, 0) is 11.0 Å². The minimum Gasteiger partial charge on any atom is -0.475 e. The van der Waals surface area contributed by atoms with Crippen LogP contribution in [0, 0.1) is 0 Å². The van der Waals surface area contributed by atoms with E-state index in [9.17, 15) is 22.8 Å². The standard InChI is InChI=1S/C22H28F3N3O3/c1-13(2)28(14-6-5-9-26-12-14)19(29)15-10-17-18(11-16(15)22(23,24)25)31-21(20(30)27-17)7-3-4-8-21/h10-11,13-14,26H,3-9,12H2,1-2H3,(H,27,30)/t14-/m1/s1. The van der Waals surface area contributed by atoms with E-state index >= 15 is 0 Å². The number of hydrogen-bond acceptors (Lipinski definition) is 4. The smallest absolute Gasteiger partial charge is 0.417 e. The highest BCUT2D eigenvalue weighted by Crippen LogP contribution is 2.45. The molecular weight excluding hydrogens is 411 g/mol. The summed E-state index contributed by atoms with van der Waals surface area (Å²) in [7, 11) is 0. The molecule has 170 valence electrons. The number of nitrogens with zero attached hydrogens (tertiary/aromatic N) is 1. The van der Waals surface area contributed by atoms with Gasteiger partial charge in [-0.1, -0.05) is 0 Å². The third kappa shape index (κ3) is 4.00. The second kappa shape index (κ2) is 8.00. The van der Waals surface area contributed by atoms with Gasteiger partial charge in [0.25, 0.3) is 11.8 Å². The first kappa shape index (κ1) is 21.9. The first-order chi connectivity index (χ1) is 14.6. The highest BCUT2D eigenvalue weighted by atomic mass is 19.4. The van der Waals surface area contributed by atoms with Gasteiger partial charge in [-0.05, 0) is 71.0 Å². The molecule has 1 saturated carbocycles. The Labute approximate surface area is 179 Å². The minimum absolute atomic E-state index is 0.0270. The number of anilines is 1. The van der Waals surface area contributed by atoms with Gasteiger partial charge >= 0.3 is 6.18 Å². The van der Waals surface area contributed by atoms with Gasteiger partial charge in [0, 0.05) is 18.6 Å². The van der Waals surface area contributed by atoms with Crippen LogP contribution in [0.25, 0.3) is 0 Å². The van der Waals surface area contributed by atoms with Crippen molar-refractivity contribution in [3.63, 3.8) is 0 Å². The third-order valence-corrected chi connectivity index (χ3v) is 6.49. The first-order valence-electron chi connectivity index (χ1n) is 10.9. The molecule has 2 heterocycles. The second-order valence-electron chi connectivity index (χ2n) is 8.96. The lowest BCUT2D eigenvalue weighted by molar-refractivity contribution is -0.138. The second-order valence-corrected chi connectivity index (χ2v) is 8.96. The monoisotopic (exact) mass is 439 g/mol. The van der Waals surface area contributed by atoms with Crippen LogP contribution in [0.2, 0.25) is 0 Å². The zero-order valence-electron chi connectivity index (χ0n) is 17.8. The predicted octanol–water partition coefficient (Wildman–Crippen LogP) is 3.95. The first-order valence-corrected chi connectivity index (χ1v) is 10.9. The molecule has 1 spiro atoms. The molecule has 1 atom stereocenters. The minimum atomic E-state index is -4.73. The average Bonchev–Trinajstić information content (AvgIpc) is 3.17. The Morgan fingerprint density at radius 1 is 1.23 bits per heavy atom. The topological polar surface area (TPSA) is 70.7 Å². The number of ether oxygens (including phenoxy) is 1. The van der Waals surface area contributed by atoms with Crippen molar-refractivity contribution in [1.29, 1.82) is 0 Å². The Balaban J connectivity index is 1.76. The maximum absolute atomic E-state index is 14.0. The van der Waals surface area contributed by atoms with Crippen LogP contribution in [0.5, 0.6) is 5.75 Å². The van der Waals surface area contributed by atoms with E-state index in [0.29, 0.717) is 19.4 Å². The van der Waals surface area contributed by atoms with Gasteiger partial charge in [-0.3, -0.25) is 9.59 Å². The number of halogens is 3. The number of amides is 2. The van der Waals surface area contributed by atoms with E-state index < -0.39 is 28.8 Å². The fourth-order valence-corrected chi connectivity index (χ4v) is 4.97. The van der Waals surface area contributed by atoms with Crippen LogP contribution in [0.3, 0.4) is 0 Å². The molecule has 1 saturated heterocycles. The number of alkyl halides is 3.